The first-order valence-corrected chi connectivity index (χ1v) is 25.5. The highest BCUT2D eigenvalue weighted by atomic mass is 14.9. The lowest BCUT2D eigenvalue weighted by Gasteiger charge is -2.61. The predicted molar refractivity (Wildman–Crippen MR) is 290 cm³/mol. The van der Waals surface area contributed by atoms with Crippen molar-refractivity contribution in [3.63, 3.8) is 0 Å². The molecule has 0 amide bonds. The molecule has 4 fully saturated rings. The molecule has 1 aromatic heterocycles. The number of hydrogen-bond donors (Lipinski definition) is 0. The number of benzene rings is 10. The van der Waals surface area contributed by atoms with Crippen molar-refractivity contribution in [2.45, 2.75) is 37.5 Å². The van der Waals surface area contributed by atoms with Crippen molar-refractivity contribution in [3.8, 4) is 78.4 Å². The third-order valence-electron chi connectivity index (χ3n) is 17.2. The van der Waals surface area contributed by atoms with Gasteiger partial charge in [-0.1, -0.05) is 194 Å². The molecule has 1 spiro atoms. The van der Waals surface area contributed by atoms with Crippen LogP contribution in [0.4, 0.5) is 0 Å². The minimum Gasteiger partial charge on any atom is -0.228 e. The largest absolute Gasteiger partial charge is 0.228 e. The lowest BCUT2D eigenvalue weighted by molar-refractivity contribution is -0.0398. The second-order valence-electron chi connectivity index (χ2n) is 20.8. The second kappa shape index (κ2) is 15.5. The fourth-order valence-corrected chi connectivity index (χ4v) is 14.7. The molecule has 10 aromatic carbocycles. The second-order valence-corrected chi connectivity index (χ2v) is 20.8. The van der Waals surface area contributed by atoms with Gasteiger partial charge in [0.2, 0.25) is 0 Å². The van der Waals surface area contributed by atoms with Gasteiger partial charge in [-0.25, -0.2) is 9.97 Å². The Morgan fingerprint density at radius 3 is 1.51 bits per heavy atom. The number of rotatable bonds is 6. The van der Waals surface area contributed by atoms with Crippen LogP contribution in [0.25, 0.3) is 111 Å². The highest BCUT2D eigenvalue weighted by Crippen LogP contribution is 2.70. The van der Waals surface area contributed by atoms with Crippen LogP contribution in [0.15, 0.2) is 218 Å². The third-order valence-corrected chi connectivity index (χ3v) is 17.2. The first-order valence-electron chi connectivity index (χ1n) is 25.5. The van der Waals surface area contributed by atoms with E-state index in [1.165, 1.54) is 97.8 Å². The molecule has 4 saturated carbocycles. The molecule has 0 aliphatic heterocycles. The van der Waals surface area contributed by atoms with Gasteiger partial charge in [-0.2, -0.15) is 0 Å². The van der Waals surface area contributed by atoms with Crippen LogP contribution in [0.1, 0.15) is 43.2 Å². The summed E-state index contributed by atoms with van der Waals surface area (Å²) in [5.74, 6) is 3.92. The van der Waals surface area contributed by atoms with E-state index in [1.54, 1.807) is 11.1 Å². The summed E-state index contributed by atoms with van der Waals surface area (Å²) in [6.07, 6.45) is 6.95. The smallest absolute Gasteiger partial charge is 0.160 e. The Morgan fingerprint density at radius 2 is 0.829 bits per heavy atom. The molecule has 4 bridgehead atoms. The molecule has 11 aromatic rings. The summed E-state index contributed by atoms with van der Waals surface area (Å²) in [5.41, 5.74) is 18.6. The highest BCUT2D eigenvalue weighted by Gasteiger charge is 2.61. The van der Waals surface area contributed by atoms with Gasteiger partial charge in [-0.3, -0.25) is 0 Å². The quantitative estimate of drug-likeness (QED) is 0.155. The summed E-state index contributed by atoms with van der Waals surface area (Å²) < 4.78 is 0. The minimum atomic E-state index is 0.0861. The van der Waals surface area contributed by atoms with Crippen molar-refractivity contribution in [3.05, 3.63) is 230 Å². The summed E-state index contributed by atoms with van der Waals surface area (Å²) in [6.45, 7) is 0. The molecule has 0 radical (unpaired) electrons. The summed E-state index contributed by atoms with van der Waals surface area (Å²) in [6, 6.07) is 81.0. The topological polar surface area (TPSA) is 25.8 Å². The Labute approximate surface area is 409 Å². The molecule has 0 saturated heterocycles. The number of nitrogens with zero attached hydrogens (tertiary/aromatic N) is 2. The zero-order chi connectivity index (χ0) is 45.9. The van der Waals surface area contributed by atoms with Crippen molar-refractivity contribution in [2.24, 2.45) is 23.7 Å². The average Bonchev–Trinajstić information content (AvgIpc) is 3.70. The van der Waals surface area contributed by atoms with Crippen LogP contribution in [-0.2, 0) is 5.41 Å². The average molecular weight is 895 g/mol. The molecule has 0 unspecified atom stereocenters. The molecule has 16 rings (SSSR count). The summed E-state index contributed by atoms with van der Waals surface area (Å²) in [7, 11) is 0. The Kier molecular flexibility index (Phi) is 8.88. The van der Waals surface area contributed by atoms with E-state index in [4.69, 9.17) is 9.97 Å². The van der Waals surface area contributed by atoms with E-state index in [0.717, 1.165) is 51.0 Å². The Hall–Kier alpha value is -7.94. The van der Waals surface area contributed by atoms with E-state index in [9.17, 15) is 0 Å². The molecule has 70 heavy (non-hydrogen) atoms. The molecule has 5 aliphatic rings. The van der Waals surface area contributed by atoms with Gasteiger partial charge in [0.15, 0.2) is 5.82 Å². The maximum absolute atomic E-state index is 5.48. The van der Waals surface area contributed by atoms with Crippen molar-refractivity contribution < 1.29 is 0 Å². The molecule has 2 heteroatoms. The fourth-order valence-electron chi connectivity index (χ4n) is 14.7. The van der Waals surface area contributed by atoms with Gasteiger partial charge in [0.25, 0.3) is 0 Å². The molecule has 0 atom stereocenters. The molecule has 332 valence electrons. The van der Waals surface area contributed by atoms with Gasteiger partial charge < -0.3 is 0 Å². The van der Waals surface area contributed by atoms with Gasteiger partial charge in [-0.15, -0.1) is 0 Å². The molecule has 0 N–H and O–H groups in total. The number of hydrogen-bond acceptors (Lipinski definition) is 2. The molecular weight excluding hydrogens is 845 g/mol. The van der Waals surface area contributed by atoms with Crippen molar-refractivity contribution in [1.82, 2.24) is 9.97 Å². The van der Waals surface area contributed by atoms with Crippen LogP contribution in [0.2, 0.25) is 0 Å². The SMILES string of the molecule is c1ccc(-c2nc(-c3ccccc3-c3ccccc3)cc(-c3c4ccccc4c(-c4cccc(-c5cccc6c5-c5cc7ccccc7cc5C65C6CC7CC(C6)CC5C7)c4)c4ccccc34)n2)cc1. The van der Waals surface area contributed by atoms with E-state index < -0.39 is 0 Å². The first-order chi connectivity index (χ1) is 34.7. The van der Waals surface area contributed by atoms with Crippen LogP contribution < -0.4 is 0 Å². The van der Waals surface area contributed by atoms with Crippen molar-refractivity contribution in [1.29, 1.82) is 0 Å². The Balaban J connectivity index is 0.935. The fraction of sp³-hybridized carbons (Fsp3) is 0.147. The zero-order valence-corrected chi connectivity index (χ0v) is 39.0. The zero-order valence-electron chi connectivity index (χ0n) is 39.0. The van der Waals surface area contributed by atoms with E-state index in [-0.39, 0.29) is 5.41 Å². The lowest BCUT2D eigenvalue weighted by Crippen LogP contribution is -2.55. The maximum atomic E-state index is 5.48. The molecule has 5 aliphatic carbocycles. The maximum Gasteiger partial charge on any atom is 0.160 e. The normalized spacial score (nSPS) is 20.6. The Morgan fingerprint density at radius 1 is 0.314 bits per heavy atom. The first kappa shape index (κ1) is 40.0. The van der Waals surface area contributed by atoms with E-state index in [0.29, 0.717) is 17.7 Å². The predicted octanol–water partition coefficient (Wildman–Crippen LogP) is 17.7. The summed E-state index contributed by atoms with van der Waals surface area (Å²) >= 11 is 0. The van der Waals surface area contributed by atoms with Gasteiger partial charge in [-0.05, 0) is 168 Å². The Bertz CT molecular complexity index is 3820. The van der Waals surface area contributed by atoms with Gasteiger partial charge in [0, 0.05) is 22.1 Å². The minimum absolute atomic E-state index is 0.0861. The molecule has 2 nitrogen and oxygen atoms in total. The van der Waals surface area contributed by atoms with Crippen LogP contribution in [0.5, 0.6) is 0 Å². The summed E-state index contributed by atoms with van der Waals surface area (Å²) in [4.78, 5) is 10.8. The number of fused-ring (bicyclic) bond motifs is 6. The standard InChI is InChI=1S/C68H50N2/c1-3-17-44(18-4-1)52-25-9-10-26-54(52)62-41-63(70-67(69-62)45-19-5-2-6-20-45)66-57-29-13-11-27-55(57)64(56-28-12-14-30-58(56)66)49-24-15-23-48(38-49)53-31-16-32-60-65(53)59-39-46-21-7-8-22-47(46)40-61(59)68(60)50-34-42-33-43(36-50)37-51(68)35-42/h1-32,38-43,50-51H,33-37H2. The monoisotopic (exact) mass is 894 g/mol. The van der Waals surface area contributed by atoms with Gasteiger partial charge >= 0.3 is 0 Å². The van der Waals surface area contributed by atoms with E-state index in [1.807, 2.05) is 0 Å². The van der Waals surface area contributed by atoms with Crippen LogP contribution in [-0.4, -0.2) is 9.97 Å². The van der Waals surface area contributed by atoms with Gasteiger partial charge in [0.1, 0.15) is 0 Å². The van der Waals surface area contributed by atoms with Crippen molar-refractivity contribution >= 4 is 32.3 Å². The van der Waals surface area contributed by atoms with Crippen LogP contribution in [0, 0.1) is 23.7 Å². The molecular formula is C68H50N2. The number of aromatic nitrogens is 2. The van der Waals surface area contributed by atoms with Crippen molar-refractivity contribution in [2.75, 3.05) is 0 Å². The summed E-state index contributed by atoms with van der Waals surface area (Å²) in [5, 5.41) is 7.48. The van der Waals surface area contributed by atoms with E-state index >= 15 is 0 Å². The lowest BCUT2D eigenvalue weighted by atomic mass is 9.43. The molecule has 1 heterocycles. The third kappa shape index (κ3) is 5.92. The van der Waals surface area contributed by atoms with Gasteiger partial charge in [0.05, 0.1) is 11.4 Å². The van der Waals surface area contributed by atoms with Crippen LogP contribution in [0.3, 0.4) is 0 Å². The van der Waals surface area contributed by atoms with Crippen LogP contribution >= 0.6 is 0 Å². The van der Waals surface area contributed by atoms with E-state index in [2.05, 4.69) is 218 Å². The highest BCUT2D eigenvalue weighted by molar-refractivity contribution is 6.21.